The van der Waals surface area contributed by atoms with Crippen LogP contribution in [0.25, 0.3) is 0 Å². The lowest BCUT2D eigenvalue weighted by Gasteiger charge is -1.94. The Hall–Kier alpha value is -0.850. The summed E-state index contributed by atoms with van der Waals surface area (Å²) in [6.45, 7) is 0.323. The number of hydrogen-bond donors (Lipinski definition) is 3. The monoisotopic (exact) mass is 223 g/mol. The second kappa shape index (κ2) is 5.74. The van der Waals surface area contributed by atoms with E-state index in [1.807, 2.05) is 0 Å². The number of hydrogen-bond acceptors (Lipinski definition) is 5. The van der Waals surface area contributed by atoms with Crippen LogP contribution in [0, 0.1) is 0 Å². The van der Waals surface area contributed by atoms with Crippen molar-refractivity contribution in [3.8, 4) is 0 Å². The Morgan fingerprint density at radius 1 is 1.77 bits per heavy atom. The highest BCUT2D eigenvalue weighted by Gasteiger charge is 2.01. The van der Waals surface area contributed by atoms with Gasteiger partial charge < -0.3 is 16.2 Å². The van der Waals surface area contributed by atoms with Crippen molar-refractivity contribution in [3.05, 3.63) is 11.1 Å². The van der Waals surface area contributed by atoms with Crippen LogP contribution >= 0.6 is 23.7 Å². The van der Waals surface area contributed by atoms with Crippen LogP contribution in [-0.2, 0) is 11.3 Å². The van der Waals surface area contributed by atoms with Crippen molar-refractivity contribution in [2.75, 3.05) is 11.9 Å². The van der Waals surface area contributed by atoms with E-state index in [9.17, 15) is 4.79 Å². The first-order valence-corrected chi connectivity index (χ1v) is 4.14. The minimum atomic E-state index is -0.903. The number of halogens is 1. The van der Waals surface area contributed by atoms with Crippen LogP contribution in [0.4, 0.5) is 5.13 Å². The molecule has 74 valence electrons. The first-order valence-electron chi connectivity index (χ1n) is 3.33. The minimum Gasteiger partial charge on any atom is -0.480 e. The maximum Gasteiger partial charge on any atom is 0.322 e. The zero-order chi connectivity index (χ0) is 8.97. The number of anilines is 1. The number of nitrogens with one attached hydrogen (secondary N) is 1. The van der Waals surface area contributed by atoms with Gasteiger partial charge in [-0.1, -0.05) is 0 Å². The summed E-state index contributed by atoms with van der Waals surface area (Å²) >= 11 is 1.36. The third-order valence-corrected chi connectivity index (χ3v) is 2.12. The molecular weight excluding hydrogens is 214 g/mol. The molecule has 0 saturated carbocycles. The predicted octanol–water partition coefficient (Wildman–Crippen LogP) is 0.520. The molecule has 13 heavy (non-hydrogen) atoms. The number of thiazole rings is 1. The number of nitrogens with two attached hydrogens (primary N) is 1. The van der Waals surface area contributed by atoms with Gasteiger partial charge in [-0.25, -0.2) is 4.98 Å². The summed E-state index contributed by atoms with van der Waals surface area (Å²) in [5, 5.41) is 11.6. The first kappa shape index (κ1) is 12.2. The van der Waals surface area contributed by atoms with E-state index >= 15 is 0 Å². The topological polar surface area (TPSA) is 88.2 Å². The summed E-state index contributed by atoms with van der Waals surface area (Å²) in [6, 6.07) is 0. The average molecular weight is 224 g/mol. The summed E-state index contributed by atoms with van der Waals surface area (Å²) in [7, 11) is 0. The first-order chi connectivity index (χ1) is 5.72. The lowest BCUT2D eigenvalue weighted by Crippen LogP contribution is -2.11. The zero-order valence-corrected chi connectivity index (χ0v) is 8.32. The molecule has 1 aromatic heterocycles. The highest BCUT2D eigenvalue weighted by atomic mass is 35.5. The molecular formula is C6H10ClN3O2S. The molecule has 0 aliphatic heterocycles. The Balaban J connectivity index is 0.00000144. The van der Waals surface area contributed by atoms with Crippen LogP contribution < -0.4 is 11.1 Å². The van der Waals surface area contributed by atoms with Crippen LogP contribution in [0.3, 0.4) is 0 Å². The normalized spacial score (nSPS) is 9.00. The standard InChI is InChI=1S/C6H9N3O2S.ClH/c7-1-4-2-8-6(12-4)9-3-5(10)11;/h2H,1,3,7H2,(H,8,9)(H,10,11);1H. The second-order valence-corrected chi connectivity index (χ2v) is 3.20. The van der Waals surface area contributed by atoms with Gasteiger partial charge in [-0.2, -0.15) is 0 Å². The van der Waals surface area contributed by atoms with Crippen molar-refractivity contribution in [2.24, 2.45) is 5.73 Å². The molecule has 0 amide bonds. The Labute approximate surface area is 85.4 Å². The number of aromatic nitrogens is 1. The molecule has 7 heteroatoms. The highest BCUT2D eigenvalue weighted by Crippen LogP contribution is 2.16. The van der Waals surface area contributed by atoms with Crippen molar-refractivity contribution < 1.29 is 9.90 Å². The molecule has 0 bridgehead atoms. The molecule has 0 unspecified atom stereocenters. The van der Waals surface area contributed by atoms with Gasteiger partial charge in [-0.3, -0.25) is 4.79 Å². The molecule has 0 aliphatic carbocycles. The summed E-state index contributed by atoms with van der Waals surface area (Å²) < 4.78 is 0. The number of carboxylic acids is 1. The van der Waals surface area contributed by atoms with Crippen LogP contribution in [-0.4, -0.2) is 22.6 Å². The fourth-order valence-electron chi connectivity index (χ4n) is 0.635. The van der Waals surface area contributed by atoms with Gasteiger partial charge >= 0.3 is 5.97 Å². The maximum absolute atomic E-state index is 10.1. The van der Waals surface area contributed by atoms with Gasteiger partial charge in [0.2, 0.25) is 0 Å². The van der Waals surface area contributed by atoms with E-state index in [1.165, 1.54) is 11.3 Å². The lowest BCUT2D eigenvalue weighted by molar-refractivity contribution is -0.134. The van der Waals surface area contributed by atoms with E-state index in [4.69, 9.17) is 10.8 Å². The number of rotatable bonds is 4. The molecule has 0 spiro atoms. The van der Waals surface area contributed by atoms with Gasteiger partial charge in [0.1, 0.15) is 6.54 Å². The number of aliphatic carboxylic acids is 1. The third-order valence-electron chi connectivity index (χ3n) is 1.15. The van der Waals surface area contributed by atoms with Crippen molar-refractivity contribution in [2.45, 2.75) is 6.54 Å². The molecule has 1 aromatic rings. The Morgan fingerprint density at radius 2 is 2.46 bits per heavy atom. The molecule has 1 rings (SSSR count). The Bertz CT molecular complexity index is 279. The predicted molar refractivity (Wildman–Crippen MR) is 53.4 cm³/mol. The van der Waals surface area contributed by atoms with Gasteiger partial charge in [-0.15, -0.1) is 23.7 Å². The van der Waals surface area contributed by atoms with Crippen LogP contribution in [0.15, 0.2) is 6.20 Å². The summed E-state index contributed by atoms with van der Waals surface area (Å²) in [5.74, 6) is -0.903. The molecule has 0 aromatic carbocycles. The van der Waals surface area contributed by atoms with E-state index in [0.29, 0.717) is 11.7 Å². The summed E-state index contributed by atoms with van der Waals surface area (Å²) in [4.78, 5) is 15.0. The number of carbonyl (C=O) groups is 1. The molecule has 0 radical (unpaired) electrons. The van der Waals surface area contributed by atoms with E-state index in [0.717, 1.165) is 4.88 Å². The van der Waals surface area contributed by atoms with Crippen molar-refractivity contribution in [3.63, 3.8) is 0 Å². The van der Waals surface area contributed by atoms with E-state index in [-0.39, 0.29) is 19.0 Å². The van der Waals surface area contributed by atoms with Gasteiger partial charge in [-0.05, 0) is 0 Å². The fourth-order valence-corrected chi connectivity index (χ4v) is 1.32. The maximum atomic E-state index is 10.1. The number of carboxylic acid groups (broad SMARTS) is 1. The fraction of sp³-hybridized carbons (Fsp3) is 0.333. The molecule has 1 heterocycles. The van der Waals surface area contributed by atoms with Crippen molar-refractivity contribution in [1.29, 1.82) is 0 Å². The molecule has 0 saturated heterocycles. The van der Waals surface area contributed by atoms with Crippen LogP contribution in [0.2, 0.25) is 0 Å². The van der Waals surface area contributed by atoms with Crippen molar-refractivity contribution >= 4 is 34.8 Å². The second-order valence-electron chi connectivity index (χ2n) is 2.08. The lowest BCUT2D eigenvalue weighted by atomic mass is 10.6. The highest BCUT2D eigenvalue weighted by molar-refractivity contribution is 7.15. The number of nitrogens with zero attached hydrogens (tertiary/aromatic N) is 1. The average Bonchev–Trinajstić information content (AvgIpc) is 2.48. The Morgan fingerprint density at radius 3 is 2.92 bits per heavy atom. The zero-order valence-electron chi connectivity index (χ0n) is 6.69. The summed E-state index contributed by atoms with van der Waals surface area (Å²) in [6.07, 6.45) is 1.63. The molecule has 5 nitrogen and oxygen atoms in total. The van der Waals surface area contributed by atoms with Crippen LogP contribution in [0.1, 0.15) is 4.88 Å². The SMILES string of the molecule is Cl.NCc1cnc(NCC(=O)O)s1. The summed E-state index contributed by atoms with van der Waals surface area (Å²) in [5.41, 5.74) is 5.35. The Kier molecular flexibility index (Phi) is 5.36. The third kappa shape index (κ3) is 4.07. The largest absolute Gasteiger partial charge is 0.480 e. The van der Waals surface area contributed by atoms with Crippen LogP contribution in [0.5, 0.6) is 0 Å². The van der Waals surface area contributed by atoms with E-state index in [1.54, 1.807) is 6.20 Å². The van der Waals surface area contributed by atoms with Gasteiger partial charge in [0.15, 0.2) is 5.13 Å². The quantitative estimate of drug-likeness (QED) is 0.693. The van der Waals surface area contributed by atoms with Gasteiger partial charge in [0, 0.05) is 17.6 Å². The van der Waals surface area contributed by atoms with Gasteiger partial charge in [0.05, 0.1) is 0 Å². The van der Waals surface area contributed by atoms with Gasteiger partial charge in [0.25, 0.3) is 0 Å². The molecule has 0 aliphatic rings. The minimum absolute atomic E-state index is 0. The van der Waals surface area contributed by atoms with Crippen molar-refractivity contribution in [1.82, 2.24) is 4.98 Å². The molecule has 0 atom stereocenters. The molecule has 4 N–H and O–H groups in total. The van der Waals surface area contributed by atoms with E-state index < -0.39 is 5.97 Å². The van der Waals surface area contributed by atoms with E-state index in [2.05, 4.69) is 10.3 Å². The smallest absolute Gasteiger partial charge is 0.322 e. The molecule has 0 fully saturated rings.